The van der Waals surface area contributed by atoms with Gasteiger partial charge in [-0.25, -0.2) is 9.78 Å². The maximum Gasteiger partial charge on any atom is 0.377 e. The summed E-state index contributed by atoms with van der Waals surface area (Å²) in [6.45, 7) is 1.71. The van der Waals surface area contributed by atoms with Crippen molar-refractivity contribution in [2.24, 2.45) is 0 Å². The van der Waals surface area contributed by atoms with E-state index >= 15 is 0 Å². The predicted octanol–water partition coefficient (Wildman–Crippen LogP) is 0.322. The Labute approximate surface area is 69.6 Å². The van der Waals surface area contributed by atoms with E-state index in [1.807, 2.05) is 0 Å². The van der Waals surface area contributed by atoms with Crippen molar-refractivity contribution >= 4 is 18.4 Å². The molecule has 0 aliphatic rings. The molecular weight excluding hydrogens is 170 g/mol. The third-order valence-corrected chi connectivity index (χ3v) is 0.965. The summed E-state index contributed by atoms with van der Waals surface area (Å²) in [6.07, 6.45) is 0. The van der Waals surface area contributed by atoms with Crippen molar-refractivity contribution < 1.29 is 9.53 Å². The van der Waals surface area contributed by atoms with E-state index in [4.69, 9.17) is 0 Å². The molecule has 0 saturated heterocycles. The fraction of sp³-hybridized carbons (Fsp3) is 0.400. The minimum atomic E-state index is -0.524. The molecule has 0 aromatic carbocycles. The smallest absolute Gasteiger partial charge is 0.377 e. The van der Waals surface area contributed by atoms with E-state index in [1.165, 1.54) is 7.11 Å². The van der Waals surface area contributed by atoms with Gasteiger partial charge in [0.15, 0.2) is 0 Å². The number of hydrogen-bond donors (Lipinski definition) is 1. The van der Waals surface area contributed by atoms with Crippen LogP contribution in [-0.4, -0.2) is 28.3 Å². The van der Waals surface area contributed by atoms with E-state index in [0.29, 0.717) is 5.82 Å². The van der Waals surface area contributed by atoms with Crippen molar-refractivity contribution in [3.63, 3.8) is 0 Å². The number of esters is 1. The standard InChI is InChI=1S/C5H7N3O2.ClH/c1-3-6-4(8-7-3)5(9)10-2;/h1-2H3,(H,6,7,8);1H. The Hall–Kier alpha value is -1.10. The monoisotopic (exact) mass is 177 g/mol. The maximum atomic E-state index is 10.7. The number of aryl methyl sites for hydroxylation is 1. The molecule has 0 aliphatic heterocycles. The molecule has 1 N–H and O–H groups in total. The van der Waals surface area contributed by atoms with Gasteiger partial charge in [-0.3, -0.25) is 5.10 Å². The number of ether oxygens (including phenoxy) is 1. The number of halogens is 1. The largest absolute Gasteiger partial charge is 0.463 e. The van der Waals surface area contributed by atoms with Gasteiger partial charge in [0.05, 0.1) is 7.11 Å². The van der Waals surface area contributed by atoms with Gasteiger partial charge in [-0.1, -0.05) is 0 Å². The molecule has 0 amide bonds. The molecule has 1 rings (SSSR count). The van der Waals surface area contributed by atoms with E-state index in [9.17, 15) is 4.79 Å². The molecule has 0 spiro atoms. The topological polar surface area (TPSA) is 67.9 Å². The lowest BCUT2D eigenvalue weighted by atomic mass is 10.6. The zero-order chi connectivity index (χ0) is 7.56. The van der Waals surface area contributed by atoms with Crippen LogP contribution in [0, 0.1) is 6.92 Å². The lowest BCUT2D eigenvalue weighted by Crippen LogP contribution is -2.03. The van der Waals surface area contributed by atoms with Gasteiger partial charge in [0.2, 0.25) is 0 Å². The zero-order valence-electron chi connectivity index (χ0n) is 6.12. The van der Waals surface area contributed by atoms with Crippen molar-refractivity contribution in [2.75, 3.05) is 7.11 Å². The molecule has 6 heteroatoms. The molecule has 11 heavy (non-hydrogen) atoms. The highest BCUT2D eigenvalue weighted by Gasteiger charge is 2.09. The number of aromatic nitrogens is 3. The van der Waals surface area contributed by atoms with Gasteiger partial charge in [0.1, 0.15) is 5.82 Å². The number of methoxy groups -OCH3 is 1. The fourth-order valence-electron chi connectivity index (χ4n) is 0.525. The lowest BCUT2D eigenvalue weighted by molar-refractivity contribution is 0.0587. The van der Waals surface area contributed by atoms with Crippen molar-refractivity contribution in [3.8, 4) is 0 Å². The van der Waals surface area contributed by atoms with Crippen LogP contribution in [0.3, 0.4) is 0 Å². The third-order valence-electron chi connectivity index (χ3n) is 0.965. The second-order valence-electron chi connectivity index (χ2n) is 1.74. The summed E-state index contributed by atoms with van der Waals surface area (Å²) in [5.41, 5.74) is 0. The van der Waals surface area contributed by atoms with Gasteiger partial charge in [-0.2, -0.15) is 0 Å². The van der Waals surface area contributed by atoms with Crippen molar-refractivity contribution in [3.05, 3.63) is 11.6 Å². The van der Waals surface area contributed by atoms with Crippen LogP contribution in [0.15, 0.2) is 0 Å². The Bertz CT molecular complexity index is 248. The number of nitrogens with zero attached hydrogens (tertiary/aromatic N) is 2. The number of H-pyrrole nitrogens is 1. The third kappa shape index (κ3) is 2.19. The molecule has 0 unspecified atom stereocenters. The first-order chi connectivity index (χ1) is 4.74. The second kappa shape index (κ2) is 3.92. The number of carbonyl (C=O) groups is 1. The minimum absolute atomic E-state index is 0. The van der Waals surface area contributed by atoms with E-state index in [2.05, 4.69) is 19.9 Å². The molecule has 0 saturated carbocycles. The summed E-state index contributed by atoms with van der Waals surface area (Å²) < 4.78 is 4.37. The van der Waals surface area contributed by atoms with Crippen LogP contribution in [0.25, 0.3) is 0 Å². The lowest BCUT2D eigenvalue weighted by Gasteiger charge is -1.88. The highest BCUT2D eigenvalue weighted by atomic mass is 35.5. The molecule has 0 bridgehead atoms. The first-order valence-corrected chi connectivity index (χ1v) is 2.71. The summed E-state index contributed by atoms with van der Waals surface area (Å²) >= 11 is 0. The van der Waals surface area contributed by atoms with Crippen molar-refractivity contribution in [2.45, 2.75) is 6.92 Å². The van der Waals surface area contributed by atoms with Crippen molar-refractivity contribution in [1.29, 1.82) is 0 Å². The summed E-state index contributed by atoms with van der Waals surface area (Å²) in [7, 11) is 1.29. The van der Waals surface area contributed by atoms with Gasteiger partial charge in [-0.05, 0) is 6.92 Å². The van der Waals surface area contributed by atoms with Crippen molar-refractivity contribution in [1.82, 2.24) is 15.2 Å². The molecule has 0 aliphatic carbocycles. The Morgan fingerprint density at radius 1 is 1.64 bits per heavy atom. The summed E-state index contributed by atoms with van der Waals surface area (Å²) in [5.74, 6) is 0.143. The molecule has 62 valence electrons. The Balaban J connectivity index is 0.000001000. The quantitative estimate of drug-likeness (QED) is 0.628. The second-order valence-corrected chi connectivity index (χ2v) is 1.74. The van der Waals surface area contributed by atoms with Crippen LogP contribution in [-0.2, 0) is 4.74 Å². The number of nitrogens with one attached hydrogen (secondary N) is 1. The molecule has 0 atom stereocenters. The Kier molecular flexibility index (Phi) is 3.53. The van der Waals surface area contributed by atoms with Crippen LogP contribution < -0.4 is 0 Å². The number of hydrogen-bond acceptors (Lipinski definition) is 4. The van der Waals surface area contributed by atoms with Crippen LogP contribution >= 0.6 is 12.4 Å². The van der Waals surface area contributed by atoms with E-state index in [0.717, 1.165) is 0 Å². The van der Waals surface area contributed by atoms with Crippen LogP contribution in [0.2, 0.25) is 0 Å². The zero-order valence-corrected chi connectivity index (χ0v) is 6.94. The molecule has 0 radical (unpaired) electrons. The molecule has 5 nitrogen and oxygen atoms in total. The number of aromatic amines is 1. The number of rotatable bonds is 1. The Morgan fingerprint density at radius 2 is 2.27 bits per heavy atom. The minimum Gasteiger partial charge on any atom is -0.463 e. The summed E-state index contributed by atoms with van der Waals surface area (Å²) in [4.78, 5) is 14.4. The fourth-order valence-corrected chi connectivity index (χ4v) is 0.525. The first-order valence-electron chi connectivity index (χ1n) is 2.71. The SMILES string of the molecule is COC(=O)c1n[nH]c(C)n1.Cl. The normalized spacial score (nSPS) is 8.55. The average molecular weight is 178 g/mol. The summed E-state index contributed by atoms with van der Waals surface area (Å²) in [6, 6.07) is 0. The highest BCUT2D eigenvalue weighted by molar-refractivity contribution is 5.85. The van der Waals surface area contributed by atoms with Crippen LogP contribution in [0.4, 0.5) is 0 Å². The predicted molar refractivity (Wildman–Crippen MR) is 39.7 cm³/mol. The molecule has 1 aromatic rings. The van der Waals surface area contributed by atoms with E-state index in [-0.39, 0.29) is 18.2 Å². The highest BCUT2D eigenvalue weighted by Crippen LogP contribution is 1.91. The molecule has 0 fully saturated rings. The molecule has 1 aromatic heterocycles. The van der Waals surface area contributed by atoms with Gasteiger partial charge in [-0.15, -0.1) is 17.5 Å². The first kappa shape index (κ1) is 9.90. The van der Waals surface area contributed by atoms with E-state index < -0.39 is 5.97 Å². The van der Waals surface area contributed by atoms with Crippen LogP contribution in [0.5, 0.6) is 0 Å². The summed E-state index contributed by atoms with van der Waals surface area (Å²) in [5, 5.41) is 6.10. The van der Waals surface area contributed by atoms with Gasteiger partial charge < -0.3 is 4.74 Å². The molecular formula is C5H8ClN3O2. The molecule has 1 heterocycles. The Morgan fingerprint density at radius 3 is 2.64 bits per heavy atom. The average Bonchev–Trinajstić information content (AvgIpc) is 2.34. The van der Waals surface area contributed by atoms with E-state index in [1.54, 1.807) is 6.92 Å². The van der Waals surface area contributed by atoms with Crippen LogP contribution in [0.1, 0.15) is 16.4 Å². The number of carbonyl (C=O) groups excluding carboxylic acids is 1. The maximum absolute atomic E-state index is 10.7. The van der Waals surface area contributed by atoms with Gasteiger partial charge >= 0.3 is 5.97 Å². The van der Waals surface area contributed by atoms with Gasteiger partial charge in [0.25, 0.3) is 5.82 Å². The van der Waals surface area contributed by atoms with Gasteiger partial charge in [0, 0.05) is 0 Å².